The number of aryl methyl sites for hydroxylation is 1. The molecule has 0 bridgehead atoms. The highest BCUT2D eigenvalue weighted by Gasteiger charge is 2.23. The van der Waals surface area contributed by atoms with Gasteiger partial charge in [0.15, 0.2) is 5.76 Å². The van der Waals surface area contributed by atoms with E-state index in [9.17, 15) is 13.2 Å². The molecule has 0 aliphatic heterocycles. The predicted octanol–water partition coefficient (Wildman–Crippen LogP) is 2.01. The molecule has 1 aromatic rings. The van der Waals surface area contributed by atoms with Crippen LogP contribution in [0.25, 0.3) is 0 Å². The smallest absolute Gasteiger partial charge is 0.289 e. The Labute approximate surface area is 123 Å². The maximum absolute atomic E-state index is 12.1. The highest BCUT2D eigenvalue weighted by Crippen LogP contribution is 2.24. The van der Waals surface area contributed by atoms with Crippen molar-refractivity contribution in [1.29, 1.82) is 0 Å². The molecule has 0 saturated heterocycles. The predicted molar refractivity (Wildman–Crippen MR) is 74.5 cm³/mol. The minimum Gasteiger partial charge on any atom is -0.455 e. The Bertz CT molecular complexity index is 579. The molecule has 0 aliphatic carbocycles. The Morgan fingerprint density at radius 2 is 2.10 bits per heavy atom. The van der Waals surface area contributed by atoms with E-state index in [4.69, 9.17) is 19.8 Å². The van der Waals surface area contributed by atoms with Gasteiger partial charge in [0, 0.05) is 30.3 Å². The lowest BCUT2D eigenvalue weighted by Gasteiger charge is -2.16. The number of rotatable bonds is 6. The van der Waals surface area contributed by atoms with E-state index in [1.54, 1.807) is 7.05 Å². The second-order valence-corrected chi connectivity index (χ2v) is 7.15. The number of nitrogens with zero attached hydrogens (tertiary/aromatic N) is 1. The molecule has 1 heterocycles. The van der Waals surface area contributed by atoms with Crippen LogP contribution in [0.5, 0.6) is 0 Å². The second kappa shape index (κ2) is 6.60. The maximum Gasteiger partial charge on any atom is 0.289 e. The fourth-order valence-corrected chi connectivity index (χ4v) is 2.62. The third-order valence-electron chi connectivity index (χ3n) is 2.57. The van der Waals surface area contributed by atoms with Gasteiger partial charge >= 0.3 is 0 Å². The Hall–Kier alpha value is -1.05. The molecule has 0 spiro atoms. The normalized spacial score (nSPS) is 11.9. The SMILES string of the molecule is Cc1oc(C(=O)N(C)CCOC(C)C)cc1S(=O)(=O)Cl. The van der Waals surface area contributed by atoms with Gasteiger partial charge in [-0.15, -0.1) is 0 Å². The number of amides is 1. The molecular formula is C12H18ClNO5S. The van der Waals surface area contributed by atoms with Gasteiger partial charge in [-0.3, -0.25) is 4.79 Å². The van der Waals surface area contributed by atoms with Crippen molar-refractivity contribution in [2.24, 2.45) is 0 Å². The minimum absolute atomic E-state index is 0.0613. The van der Waals surface area contributed by atoms with Crippen molar-refractivity contribution < 1.29 is 22.4 Å². The third-order valence-corrected chi connectivity index (χ3v) is 4.00. The topological polar surface area (TPSA) is 76.8 Å². The molecule has 6 nitrogen and oxygen atoms in total. The van der Waals surface area contributed by atoms with Crippen LogP contribution in [0.1, 0.15) is 30.2 Å². The fourth-order valence-electron chi connectivity index (χ4n) is 1.53. The average molecular weight is 324 g/mol. The molecule has 0 atom stereocenters. The zero-order valence-electron chi connectivity index (χ0n) is 11.8. The summed E-state index contributed by atoms with van der Waals surface area (Å²) in [6, 6.07) is 1.14. The van der Waals surface area contributed by atoms with E-state index in [1.807, 2.05) is 13.8 Å². The summed E-state index contributed by atoms with van der Waals surface area (Å²) in [5.41, 5.74) is 0. The molecule has 0 aromatic carbocycles. The summed E-state index contributed by atoms with van der Waals surface area (Å²) >= 11 is 0. The van der Waals surface area contributed by atoms with E-state index in [0.29, 0.717) is 13.2 Å². The zero-order chi connectivity index (χ0) is 15.5. The van der Waals surface area contributed by atoms with Crippen LogP contribution in [0.3, 0.4) is 0 Å². The molecule has 1 aromatic heterocycles. The van der Waals surface area contributed by atoms with E-state index >= 15 is 0 Å². The first-order chi connectivity index (χ1) is 9.12. The van der Waals surface area contributed by atoms with E-state index < -0.39 is 15.0 Å². The molecule has 1 rings (SSSR count). The lowest BCUT2D eigenvalue weighted by Crippen LogP contribution is -2.30. The first kappa shape index (κ1) is 17.0. The van der Waals surface area contributed by atoms with Gasteiger partial charge in [0.2, 0.25) is 0 Å². The van der Waals surface area contributed by atoms with Gasteiger partial charge in [-0.05, 0) is 20.8 Å². The number of ether oxygens (including phenoxy) is 1. The van der Waals surface area contributed by atoms with Crippen molar-refractivity contribution in [3.05, 3.63) is 17.6 Å². The molecule has 0 radical (unpaired) electrons. The van der Waals surface area contributed by atoms with Crippen LogP contribution in [0, 0.1) is 6.92 Å². The molecular weight excluding hydrogens is 306 g/mol. The Morgan fingerprint density at radius 1 is 1.50 bits per heavy atom. The van der Waals surface area contributed by atoms with Crippen molar-refractivity contribution in [2.45, 2.75) is 31.8 Å². The summed E-state index contributed by atoms with van der Waals surface area (Å²) in [5.74, 6) is -0.393. The van der Waals surface area contributed by atoms with Gasteiger partial charge in [0.25, 0.3) is 15.0 Å². The number of hydrogen-bond acceptors (Lipinski definition) is 5. The summed E-state index contributed by atoms with van der Waals surface area (Å²) in [5, 5.41) is 0. The molecule has 114 valence electrons. The number of carbonyl (C=O) groups excluding carboxylic acids is 1. The summed E-state index contributed by atoms with van der Waals surface area (Å²) in [6.45, 7) is 6.00. The molecule has 0 aliphatic rings. The Kier molecular flexibility index (Phi) is 5.61. The van der Waals surface area contributed by atoms with E-state index in [1.165, 1.54) is 11.8 Å². The van der Waals surface area contributed by atoms with Crippen molar-refractivity contribution >= 4 is 25.6 Å². The number of likely N-dealkylation sites (N-methyl/N-ethyl adjacent to an activating group) is 1. The van der Waals surface area contributed by atoms with Gasteiger partial charge < -0.3 is 14.1 Å². The summed E-state index contributed by atoms with van der Waals surface area (Å²) < 4.78 is 33.0. The van der Waals surface area contributed by atoms with Crippen LogP contribution >= 0.6 is 10.7 Å². The molecule has 20 heavy (non-hydrogen) atoms. The third kappa shape index (κ3) is 4.50. The molecule has 0 unspecified atom stereocenters. The van der Waals surface area contributed by atoms with E-state index in [2.05, 4.69) is 0 Å². The number of furan rings is 1. The highest BCUT2D eigenvalue weighted by molar-refractivity contribution is 8.13. The van der Waals surface area contributed by atoms with Crippen molar-refractivity contribution in [1.82, 2.24) is 4.90 Å². The van der Waals surface area contributed by atoms with Gasteiger partial charge in [-0.1, -0.05) is 0 Å². The van der Waals surface area contributed by atoms with Crippen LogP contribution < -0.4 is 0 Å². The van der Waals surface area contributed by atoms with Crippen LogP contribution in [0.2, 0.25) is 0 Å². The van der Waals surface area contributed by atoms with Gasteiger partial charge in [0.1, 0.15) is 10.7 Å². The van der Waals surface area contributed by atoms with Crippen LogP contribution in [-0.4, -0.2) is 45.5 Å². The van der Waals surface area contributed by atoms with Crippen molar-refractivity contribution in [3.8, 4) is 0 Å². The first-order valence-electron chi connectivity index (χ1n) is 6.05. The Morgan fingerprint density at radius 3 is 2.55 bits per heavy atom. The fraction of sp³-hybridized carbons (Fsp3) is 0.583. The molecule has 0 N–H and O–H groups in total. The number of hydrogen-bond donors (Lipinski definition) is 0. The monoisotopic (exact) mass is 323 g/mol. The standard InChI is InChI=1S/C12H18ClNO5S/c1-8(2)18-6-5-14(4)12(15)10-7-11(9(3)19-10)20(13,16)17/h7-8H,5-6H2,1-4H3. The van der Waals surface area contributed by atoms with E-state index in [-0.39, 0.29) is 22.5 Å². The summed E-state index contributed by atoms with van der Waals surface area (Å²) in [4.78, 5) is 13.3. The lowest BCUT2D eigenvalue weighted by atomic mass is 10.4. The zero-order valence-corrected chi connectivity index (χ0v) is 13.4. The lowest BCUT2D eigenvalue weighted by molar-refractivity contribution is 0.0515. The second-order valence-electron chi connectivity index (χ2n) is 4.62. The largest absolute Gasteiger partial charge is 0.455 e. The van der Waals surface area contributed by atoms with Gasteiger partial charge in [0.05, 0.1) is 12.7 Å². The summed E-state index contributed by atoms with van der Waals surface area (Å²) in [7, 11) is 2.91. The summed E-state index contributed by atoms with van der Waals surface area (Å²) in [6.07, 6.45) is 0.0809. The van der Waals surface area contributed by atoms with Crippen molar-refractivity contribution in [3.63, 3.8) is 0 Å². The van der Waals surface area contributed by atoms with Crippen LogP contribution in [-0.2, 0) is 13.8 Å². The van der Waals surface area contributed by atoms with Crippen LogP contribution in [0.4, 0.5) is 0 Å². The van der Waals surface area contributed by atoms with Crippen LogP contribution in [0.15, 0.2) is 15.4 Å². The maximum atomic E-state index is 12.1. The minimum atomic E-state index is -3.92. The number of halogens is 1. The highest BCUT2D eigenvalue weighted by atomic mass is 35.7. The molecule has 0 saturated carbocycles. The first-order valence-corrected chi connectivity index (χ1v) is 8.36. The quantitative estimate of drug-likeness (QED) is 0.748. The molecule has 8 heteroatoms. The Balaban J connectivity index is 2.78. The molecule has 1 amide bonds. The molecule has 0 fully saturated rings. The van der Waals surface area contributed by atoms with Gasteiger partial charge in [-0.2, -0.15) is 0 Å². The average Bonchev–Trinajstić information content (AvgIpc) is 2.69. The van der Waals surface area contributed by atoms with Crippen molar-refractivity contribution in [2.75, 3.05) is 20.2 Å². The number of carbonyl (C=O) groups is 1. The van der Waals surface area contributed by atoms with Gasteiger partial charge in [-0.25, -0.2) is 8.42 Å². The van der Waals surface area contributed by atoms with E-state index in [0.717, 1.165) is 6.07 Å².